The average molecular weight is 422 g/mol. The van der Waals surface area contributed by atoms with Gasteiger partial charge in [0, 0.05) is 42.7 Å². The van der Waals surface area contributed by atoms with Crippen LogP contribution in [0.2, 0.25) is 0 Å². The Morgan fingerprint density at radius 3 is 2.58 bits per heavy atom. The molecule has 0 saturated carbocycles. The zero-order valence-corrected chi connectivity index (χ0v) is 17.3. The monoisotopic (exact) mass is 422 g/mol. The number of rotatable bonds is 7. The molecule has 0 bridgehead atoms. The predicted octanol–water partition coefficient (Wildman–Crippen LogP) is 3.87. The number of ether oxygens (including phenoxy) is 3. The molecule has 2 amide bonds. The summed E-state index contributed by atoms with van der Waals surface area (Å²) < 4.78 is 16.2. The highest BCUT2D eigenvalue weighted by Gasteiger charge is 2.14. The summed E-state index contributed by atoms with van der Waals surface area (Å²) in [5.41, 5.74) is 1.73. The molecular weight excluding hydrogens is 400 g/mol. The van der Waals surface area contributed by atoms with E-state index in [1.54, 1.807) is 48.8 Å². The number of benzene rings is 1. The van der Waals surface area contributed by atoms with E-state index < -0.39 is 12.0 Å². The number of hydrogen-bond donors (Lipinski definition) is 2. The highest BCUT2D eigenvalue weighted by atomic mass is 16.5. The molecule has 160 valence electrons. The lowest BCUT2D eigenvalue weighted by Gasteiger charge is -2.14. The van der Waals surface area contributed by atoms with Crippen molar-refractivity contribution in [2.75, 3.05) is 26.1 Å². The zero-order valence-electron chi connectivity index (χ0n) is 17.3. The Bertz CT molecular complexity index is 1070. The lowest BCUT2D eigenvalue weighted by molar-refractivity contribution is 0.0600. The quantitative estimate of drug-likeness (QED) is 0.556. The number of hydrogen-bond acceptors (Lipinski definition) is 7. The number of anilines is 1. The summed E-state index contributed by atoms with van der Waals surface area (Å²) in [7, 11) is 2.82. The number of nitrogens with zero attached hydrogens (tertiary/aromatic N) is 2. The van der Waals surface area contributed by atoms with Gasteiger partial charge in [-0.3, -0.25) is 5.32 Å². The van der Waals surface area contributed by atoms with Crippen molar-refractivity contribution in [3.63, 3.8) is 0 Å². The molecule has 0 fully saturated rings. The van der Waals surface area contributed by atoms with Crippen molar-refractivity contribution in [1.82, 2.24) is 15.3 Å². The zero-order chi connectivity index (χ0) is 22.2. The third-order valence-electron chi connectivity index (χ3n) is 4.16. The van der Waals surface area contributed by atoms with E-state index in [4.69, 9.17) is 14.2 Å². The van der Waals surface area contributed by atoms with E-state index >= 15 is 0 Å². The number of pyridine rings is 2. The number of urea groups is 1. The van der Waals surface area contributed by atoms with Crippen molar-refractivity contribution in [3.8, 4) is 28.5 Å². The molecule has 1 aromatic carbocycles. The molecule has 0 atom stereocenters. The number of carbonyl (C=O) groups excluding carboxylic acids is 2. The van der Waals surface area contributed by atoms with Gasteiger partial charge in [-0.05, 0) is 31.2 Å². The smallest absolute Gasteiger partial charge is 0.337 e. The molecule has 0 spiro atoms. The van der Waals surface area contributed by atoms with Crippen molar-refractivity contribution < 1.29 is 23.8 Å². The second kappa shape index (κ2) is 10.1. The molecule has 9 nitrogen and oxygen atoms in total. The van der Waals surface area contributed by atoms with Crippen LogP contribution in [0.4, 0.5) is 10.6 Å². The van der Waals surface area contributed by atoms with Crippen molar-refractivity contribution >= 4 is 17.8 Å². The van der Waals surface area contributed by atoms with Crippen LogP contribution >= 0.6 is 0 Å². The van der Waals surface area contributed by atoms with Gasteiger partial charge in [0.1, 0.15) is 17.3 Å². The molecule has 0 aliphatic rings. The van der Waals surface area contributed by atoms with Gasteiger partial charge in [0.2, 0.25) is 5.88 Å². The molecule has 2 heterocycles. The number of nitrogens with one attached hydrogen (secondary N) is 2. The summed E-state index contributed by atoms with van der Waals surface area (Å²) in [4.78, 5) is 32.1. The molecule has 2 aromatic heterocycles. The summed E-state index contributed by atoms with van der Waals surface area (Å²) in [6, 6.07) is 11.3. The van der Waals surface area contributed by atoms with E-state index in [2.05, 4.69) is 20.6 Å². The first kappa shape index (κ1) is 21.6. The first-order valence-corrected chi connectivity index (χ1v) is 9.48. The molecule has 0 aliphatic heterocycles. The molecule has 0 radical (unpaired) electrons. The fourth-order valence-corrected chi connectivity index (χ4v) is 2.69. The van der Waals surface area contributed by atoms with Crippen LogP contribution in [0.1, 0.15) is 17.3 Å². The first-order chi connectivity index (χ1) is 15.0. The Kier molecular flexibility index (Phi) is 7.00. The van der Waals surface area contributed by atoms with Gasteiger partial charge >= 0.3 is 12.0 Å². The van der Waals surface area contributed by atoms with Crippen molar-refractivity contribution in [2.24, 2.45) is 0 Å². The van der Waals surface area contributed by atoms with E-state index in [-0.39, 0.29) is 0 Å². The van der Waals surface area contributed by atoms with Crippen molar-refractivity contribution in [3.05, 3.63) is 60.4 Å². The SMILES string of the molecule is CCOc1ccc(-c2cnc(NC(=O)NC)cc2Oc2cccc(C(=O)OC)c2)cn1. The number of aromatic nitrogens is 2. The highest BCUT2D eigenvalue weighted by molar-refractivity contribution is 5.90. The van der Waals surface area contributed by atoms with Gasteiger partial charge in [0.15, 0.2) is 0 Å². The molecule has 0 aliphatic carbocycles. The summed E-state index contributed by atoms with van der Waals surface area (Å²) in [6.45, 7) is 2.39. The Labute approximate surface area is 179 Å². The van der Waals surface area contributed by atoms with Crippen LogP contribution in [-0.4, -0.2) is 42.7 Å². The van der Waals surface area contributed by atoms with Crippen molar-refractivity contribution in [2.45, 2.75) is 6.92 Å². The van der Waals surface area contributed by atoms with Crippen LogP contribution in [-0.2, 0) is 4.74 Å². The first-order valence-electron chi connectivity index (χ1n) is 9.48. The number of esters is 1. The third-order valence-corrected chi connectivity index (χ3v) is 4.16. The number of carbonyl (C=O) groups is 2. The fraction of sp³-hybridized carbons (Fsp3) is 0.182. The van der Waals surface area contributed by atoms with Crippen LogP contribution in [0.15, 0.2) is 54.9 Å². The second-order valence-corrected chi connectivity index (χ2v) is 6.21. The Hall–Kier alpha value is -4.14. The average Bonchev–Trinajstić information content (AvgIpc) is 2.79. The highest BCUT2D eigenvalue weighted by Crippen LogP contribution is 2.35. The lowest BCUT2D eigenvalue weighted by atomic mass is 10.1. The van der Waals surface area contributed by atoms with E-state index in [0.717, 1.165) is 5.56 Å². The van der Waals surface area contributed by atoms with E-state index in [1.165, 1.54) is 14.2 Å². The number of amides is 2. The molecule has 31 heavy (non-hydrogen) atoms. The minimum Gasteiger partial charge on any atom is -0.478 e. The largest absolute Gasteiger partial charge is 0.478 e. The maximum absolute atomic E-state index is 11.8. The summed E-state index contributed by atoms with van der Waals surface area (Å²) in [6.07, 6.45) is 3.22. The van der Waals surface area contributed by atoms with Crippen LogP contribution in [0.25, 0.3) is 11.1 Å². The van der Waals surface area contributed by atoms with Gasteiger partial charge in [0.25, 0.3) is 0 Å². The number of methoxy groups -OCH3 is 1. The van der Waals surface area contributed by atoms with Crippen LogP contribution in [0.5, 0.6) is 17.4 Å². The minimum absolute atomic E-state index is 0.293. The van der Waals surface area contributed by atoms with E-state index in [0.29, 0.717) is 40.9 Å². The summed E-state index contributed by atoms with van der Waals surface area (Å²) in [5, 5.41) is 5.08. The van der Waals surface area contributed by atoms with Crippen LogP contribution < -0.4 is 20.1 Å². The van der Waals surface area contributed by atoms with Crippen molar-refractivity contribution in [1.29, 1.82) is 0 Å². The standard InChI is InChI=1S/C22H22N4O5/c1-4-30-20-9-8-15(12-25-20)17-13-24-19(26-22(28)23-2)11-18(17)31-16-7-5-6-14(10-16)21(27)29-3/h5-13H,4H2,1-3H3,(H2,23,24,26,28). The van der Waals surface area contributed by atoms with E-state index in [9.17, 15) is 9.59 Å². The van der Waals surface area contributed by atoms with Gasteiger partial charge in [-0.15, -0.1) is 0 Å². The maximum atomic E-state index is 11.8. The van der Waals surface area contributed by atoms with Gasteiger partial charge in [-0.25, -0.2) is 19.6 Å². The molecule has 0 saturated heterocycles. The molecule has 3 aromatic rings. The Morgan fingerprint density at radius 2 is 1.90 bits per heavy atom. The predicted molar refractivity (Wildman–Crippen MR) is 115 cm³/mol. The van der Waals surface area contributed by atoms with Gasteiger partial charge in [-0.2, -0.15) is 0 Å². The minimum atomic E-state index is -0.474. The lowest BCUT2D eigenvalue weighted by Crippen LogP contribution is -2.24. The molecule has 2 N–H and O–H groups in total. The maximum Gasteiger partial charge on any atom is 0.337 e. The molecule has 0 unspecified atom stereocenters. The van der Waals surface area contributed by atoms with Gasteiger partial charge in [-0.1, -0.05) is 6.07 Å². The topological polar surface area (TPSA) is 112 Å². The van der Waals surface area contributed by atoms with Crippen LogP contribution in [0.3, 0.4) is 0 Å². The third kappa shape index (κ3) is 5.47. The van der Waals surface area contributed by atoms with Crippen LogP contribution in [0, 0.1) is 0 Å². The molecular formula is C22H22N4O5. The Morgan fingerprint density at radius 1 is 1.06 bits per heavy atom. The Balaban J connectivity index is 1.99. The summed E-state index contributed by atoms with van der Waals surface area (Å²) in [5.74, 6) is 1.15. The molecule has 3 rings (SSSR count). The molecule has 9 heteroatoms. The van der Waals surface area contributed by atoms with E-state index in [1.807, 2.05) is 13.0 Å². The second-order valence-electron chi connectivity index (χ2n) is 6.21. The van der Waals surface area contributed by atoms with Gasteiger partial charge in [0.05, 0.1) is 19.3 Å². The van der Waals surface area contributed by atoms with Gasteiger partial charge < -0.3 is 19.5 Å². The fourth-order valence-electron chi connectivity index (χ4n) is 2.69. The summed E-state index contributed by atoms with van der Waals surface area (Å²) >= 11 is 0. The normalized spacial score (nSPS) is 10.2.